The van der Waals surface area contributed by atoms with Crippen LogP contribution in [0.5, 0.6) is 5.75 Å². The third kappa shape index (κ3) is 4.57. The van der Waals surface area contributed by atoms with Gasteiger partial charge in [-0.25, -0.2) is 0 Å². The number of hydrogen-bond acceptors (Lipinski definition) is 3. The van der Waals surface area contributed by atoms with Gasteiger partial charge >= 0.3 is 0 Å². The van der Waals surface area contributed by atoms with E-state index in [0.29, 0.717) is 18.7 Å². The summed E-state index contributed by atoms with van der Waals surface area (Å²) in [6, 6.07) is 17.1. The number of carbonyl (C=O) groups is 1. The van der Waals surface area contributed by atoms with Crippen molar-refractivity contribution in [2.45, 2.75) is 25.5 Å². The number of ether oxygens (including phenoxy) is 2. The standard InChI is InChI=1S/C19H21NO3/c21-19(20-13-15-5-2-1-3-6-15)16-8-10-17(11-9-16)23-14-18-7-4-12-22-18/h1-3,5-6,8-11,18H,4,7,12-14H2,(H,20,21)/t18-/m0/s1. The molecule has 1 aliphatic rings. The molecule has 1 atom stereocenters. The molecule has 1 fully saturated rings. The number of carbonyl (C=O) groups excluding carboxylic acids is 1. The number of nitrogens with one attached hydrogen (secondary N) is 1. The second-order valence-corrected chi connectivity index (χ2v) is 5.64. The van der Waals surface area contributed by atoms with Gasteiger partial charge < -0.3 is 14.8 Å². The van der Waals surface area contributed by atoms with Crippen molar-refractivity contribution < 1.29 is 14.3 Å². The summed E-state index contributed by atoms with van der Waals surface area (Å²) in [5.74, 6) is 0.680. The van der Waals surface area contributed by atoms with E-state index in [1.165, 1.54) is 0 Å². The fraction of sp³-hybridized carbons (Fsp3) is 0.316. The van der Waals surface area contributed by atoms with E-state index in [4.69, 9.17) is 9.47 Å². The van der Waals surface area contributed by atoms with Gasteiger partial charge in [0.05, 0.1) is 6.10 Å². The van der Waals surface area contributed by atoms with Crippen LogP contribution in [-0.2, 0) is 11.3 Å². The maximum absolute atomic E-state index is 12.1. The lowest BCUT2D eigenvalue weighted by Gasteiger charge is -2.11. The molecule has 2 aromatic carbocycles. The molecule has 0 bridgehead atoms. The summed E-state index contributed by atoms with van der Waals surface area (Å²) >= 11 is 0. The zero-order chi connectivity index (χ0) is 15.9. The Morgan fingerprint density at radius 1 is 1.13 bits per heavy atom. The van der Waals surface area contributed by atoms with Crippen LogP contribution in [-0.4, -0.2) is 25.2 Å². The molecule has 1 saturated heterocycles. The number of amides is 1. The third-order valence-corrected chi connectivity index (χ3v) is 3.87. The smallest absolute Gasteiger partial charge is 0.251 e. The van der Waals surface area contributed by atoms with Crippen molar-refractivity contribution >= 4 is 5.91 Å². The van der Waals surface area contributed by atoms with Crippen LogP contribution in [0.3, 0.4) is 0 Å². The lowest BCUT2D eigenvalue weighted by Crippen LogP contribution is -2.22. The predicted molar refractivity (Wildman–Crippen MR) is 88.5 cm³/mol. The second kappa shape index (κ2) is 7.79. The maximum Gasteiger partial charge on any atom is 0.251 e. The van der Waals surface area contributed by atoms with Crippen LogP contribution in [0.2, 0.25) is 0 Å². The van der Waals surface area contributed by atoms with Gasteiger partial charge in [0.15, 0.2) is 0 Å². The first-order valence-electron chi connectivity index (χ1n) is 7.98. The molecular weight excluding hydrogens is 290 g/mol. The van der Waals surface area contributed by atoms with E-state index in [9.17, 15) is 4.79 Å². The lowest BCUT2D eigenvalue weighted by molar-refractivity contribution is 0.0679. The van der Waals surface area contributed by atoms with Crippen LogP contribution in [0.15, 0.2) is 54.6 Å². The van der Waals surface area contributed by atoms with Crippen molar-refractivity contribution in [3.8, 4) is 5.75 Å². The molecule has 23 heavy (non-hydrogen) atoms. The van der Waals surface area contributed by atoms with Gasteiger partial charge in [-0.15, -0.1) is 0 Å². The van der Waals surface area contributed by atoms with Gasteiger partial charge in [0.2, 0.25) is 0 Å². The molecule has 0 spiro atoms. The molecule has 1 amide bonds. The molecule has 4 heteroatoms. The predicted octanol–water partition coefficient (Wildman–Crippen LogP) is 3.17. The Labute approximate surface area is 136 Å². The number of rotatable bonds is 6. The molecule has 1 N–H and O–H groups in total. The fourth-order valence-electron chi connectivity index (χ4n) is 2.55. The minimum atomic E-state index is -0.0838. The summed E-state index contributed by atoms with van der Waals surface area (Å²) in [6.45, 7) is 1.92. The van der Waals surface area contributed by atoms with Gasteiger partial charge in [-0.3, -0.25) is 4.79 Å². The maximum atomic E-state index is 12.1. The van der Waals surface area contributed by atoms with Crippen LogP contribution in [0.25, 0.3) is 0 Å². The summed E-state index contributed by atoms with van der Waals surface area (Å²) < 4.78 is 11.2. The van der Waals surface area contributed by atoms with Crippen molar-refractivity contribution in [2.24, 2.45) is 0 Å². The fourth-order valence-corrected chi connectivity index (χ4v) is 2.55. The van der Waals surface area contributed by atoms with E-state index >= 15 is 0 Å². The highest BCUT2D eigenvalue weighted by Crippen LogP contribution is 2.16. The van der Waals surface area contributed by atoms with Gasteiger partial charge in [0.1, 0.15) is 12.4 Å². The number of hydrogen-bond donors (Lipinski definition) is 1. The van der Waals surface area contributed by atoms with Crippen molar-refractivity contribution in [3.63, 3.8) is 0 Å². The minimum absolute atomic E-state index is 0.0838. The normalized spacial score (nSPS) is 17.0. The third-order valence-electron chi connectivity index (χ3n) is 3.87. The zero-order valence-corrected chi connectivity index (χ0v) is 13.0. The lowest BCUT2D eigenvalue weighted by atomic mass is 10.2. The van der Waals surface area contributed by atoms with Crippen molar-refractivity contribution in [2.75, 3.05) is 13.2 Å². The Kier molecular flexibility index (Phi) is 5.27. The van der Waals surface area contributed by atoms with Gasteiger partial charge in [-0.05, 0) is 42.7 Å². The van der Waals surface area contributed by atoms with Gasteiger partial charge in [-0.2, -0.15) is 0 Å². The van der Waals surface area contributed by atoms with E-state index in [1.807, 2.05) is 42.5 Å². The van der Waals surface area contributed by atoms with E-state index in [0.717, 1.165) is 30.8 Å². The van der Waals surface area contributed by atoms with Gasteiger partial charge in [0.25, 0.3) is 5.91 Å². The molecular formula is C19H21NO3. The van der Waals surface area contributed by atoms with E-state index in [2.05, 4.69) is 5.32 Å². The highest BCUT2D eigenvalue weighted by Gasteiger charge is 2.16. The second-order valence-electron chi connectivity index (χ2n) is 5.64. The first kappa shape index (κ1) is 15.6. The minimum Gasteiger partial charge on any atom is -0.491 e. The molecule has 3 rings (SSSR count). The Balaban J connectivity index is 1.48. The topological polar surface area (TPSA) is 47.6 Å². The molecule has 0 aromatic heterocycles. The first-order valence-corrected chi connectivity index (χ1v) is 7.98. The quantitative estimate of drug-likeness (QED) is 0.891. The molecule has 0 unspecified atom stereocenters. The monoisotopic (exact) mass is 311 g/mol. The molecule has 120 valence electrons. The van der Waals surface area contributed by atoms with E-state index in [1.54, 1.807) is 12.1 Å². The van der Waals surface area contributed by atoms with Crippen molar-refractivity contribution in [1.82, 2.24) is 5.32 Å². The summed E-state index contributed by atoms with van der Waals surface area (Å²) in [5, 5.41) is 2.91. The molecule has 2 aromatic rings. The van der Waals surface area contributed by atoms with Crippen LogP contribution >= 0.6 is 0 Å². The Morgan fingerprint density at radius 3 is 2.61 bits per heavy atom. The van der Waals surface area contributed by atoms with Crippen molar-refractivity contribution in [1.29, 1.82) is 0 Å². The van der Waals surface area contributed by atoms with Crippen molar-refractivity contribution in [3.05, 3.63) is 65.7 Å². The Hall–Kier alpha value is -2.33. The molecule has 0 radical (unpaired) electrons. The number of benzene rings is 2. The Bertz CT molecular complexity index is 619. The first-order chi connectivity index (χ1) is 11.3. The molecule has 4 nitrogen and oxygen atoms in total. The summed E-state index contributed by atoms with van der Waals surface area (Å²) in [4.78, 5) is 12.1. The van der Waals surface area contributed by atoms with Crippen LogP contribution < -0.4 is 10.1 Å². The van der Waals surface area contributed by atoms with Crippen LogP contribution in [0, 0.1) is 0 Å². The van der Waals surface area contributed by atoms with Crippen LogP contribution in [0.4, 0.5) is 0 Å². The highest BCUT2D eigenvalue weighted by molar-refractivity contribution is 5.94. The SMILES string of the molecule is O=C(NCc1ccccc1)c1ccc(OC[C@@H]2CCCO2)cc1. The highest BCUT2D eigenvalue weighted by atomic mass is 16.5. The molecule has 0 saturated carbocycles. The largest absolute Gasteiger partial charge is 0.491 e. The summed E-state index contributed by atoms with van der Waals surface area (Å²) in [6.07, 6.45) is 2.36. The van der Waals surface area contributed by atoms with E-state index in [-0.39, 0.29) is 12.0 Å². The summed E-state index contributed by atoms with van der Waals surface area (Å²) in [5.41, 5.74) is 1.71. The average Bonchev–Trinajstić information content (AvgIpc) is 3.13. The zero-order valence-electron chi connectivity index (χ0n) is 13.0. The summed E-state index contributed by atoms with van der Waals surface area (Å²) in [7, 11) is 0. The molecule has 1 aliphatic heterocycles. The average molecular weight is 311 g/mol. The molecule has 1 heterocycles. The van der Waals surface area contributed by atoms with Gasteiger partial charge in [-0.1, -0.05) is 30.3 Å². The van der Waals surface area contributed by atoms with Gasteiger partial charge in [0, 0.05) is 18.7 Å². The van der Waals surface area contributed by atoms with E-state index < -0.39 is 0 Å². The van der Waals surface area contributed by atoms with Crippen LogP contribution in [0.1, 0.15) is 28.8 Å². The molecule has 0 aliphatic carbocycles. The Morgan fingerprint density at radius 2 is 1.91 bits per heavy atom.